The van der Waals surface area contributed by atoms with Crippen LogP contribution in [0.5, 0.6) is 0 Å². The second kappa shape index (κ2) is 7.73. The lowest BCUT2D eigenvalue weighted by Crippen LogP contribution is -2.46. The third-order valence-corrected chi connectivity index (χ3v) is 3.60. The maximum atomic E-state index is 12.0. The summed E-state index contributed by atoms with van der Waals surface area (Å²) in [6.07, 6.45) is 3.57. The van der Waals surface area contributed by atoms with Crippen LogP contribution < -0.4 is 5.32 Å². The minimum atomic E-state index is -0.153. The van der Waals surface area contributed by atoms with E-state index in [1.807, 2.05) is 4.90 Å². The summed E-state index contributed by atoms with van der Waals surface area (Å²) in [4.78, 5) is 29.7. The van der Waals surface area contributed by atoms with Crippen molar-refractivity contribution in [1.82, 2.24) is 15.2 Å². The van der Waals surface area contributed by atoms with E-state index in [2.05, 4.69) is 10.3 Å². The largest absolute Gasteiger partial charge is 0.384 e. The second-order valence-corrected chi connectivity index (χ2v) is 5.09. The number of carbonyl (C=O) groups is 2. The van der Waals surface area contributed by atoms with Gasteiger partial charge in [-0.05, 0) is 25.0 Å². The highest BCUT2D eigenvalue weighted by atomic mass is 16.5. The van der Waals surface area contributed by atoms with Crippen LogP contribution >= 0.6 is 0 Å². The molecule has 2 heterocycles. The van der Waals surface area contributed by atoms with Crippen molar-refractivity contribution in [3.8, 4) is 0 Å². The Labute approximate surface area is 124 Å². The molecule has 1 fully saturated rings. The van der Waals surface area contributed by atoms with Crippen LogP contribution in [0.4, 0.5) is 0 Å². The molecule has 0 bridgehead atoms. The van der Waals surface area contributed by atoms with Gasteiger partial charge in [0.1, 0.15) is 5.69 Å². The first-order valence-electron chi connectivity index (χ1n) is 7.19. The molecule has 1 aromatic rings. The molecule has 0 aromatic carbocycles. The first-order valence-corrected chi connectivity index (χ1v) is 7.19. The van der Waals surface area contributed by atoms with E-state index in [0.717, 1.165) is 12.8 Å². The van der Waals surface area contributed by atoms with E-state index in [-0.39, 0.29) is 17.9 Å². The number of nitrogens with zero attached hydrogens (tertiary/aromatic N) is 2. The number of piperidine rings is 1. The van der Waals surface area contributed by atoms with Crippen LogP contribution in [-0.4, -0.2) is 54.5 Å². The van der Waals surface area contributed by atoms with E-state index in [9.17, 15) is 9.59 Å². The topological polar surface area (TPSA) is 71.5 Å². The van der Waals surface area contributed by atoms with Gasteiger partial charge < -0.3 is 15.0 Å². The smallest absolute Gasteiger partial charge is 0.270 e. The van der Waals surface area contributed by atoms with Gasteiger partial charge in [-0.25, -0.2) is 0 Å². The molecule has 1 aliphatic heterocycles. The summed E-state index contributed by atoms with van der Waals surface area (Å²) in [6, 6.07) is 5.37. The Kier molecular flexibility index (Phi) is 5.68. The Morgan fingerprint density at radius 2 is 2.14 bits per heavy atom. The van der Waals surface area contributed by atoms with Crippen molar-refractivity contribution in [3.05, 3.63) is 30.1 Å². The van der Waals surface area contributed by atoms with Gasteiger partial charge in [-0.1, -0.05) is 6.07 Å². The minimum Gasteiger partial charge on any atom is -0.384 e. The highest BCUT2D eigenvalue weighted by molar-refractivity contribution is 5.92. The molecule has 2 amide bonds. The Morgan fingerprint density at radius 1 is 1.38 bits per heavy atom. The molecule has 1 N–H and O–H groups in total. The molecule has 21 heavy (non-hydrogen) atoms. The quantitative estimate of drug-likeness (QED) is 0.872. The highest BCUT2D eigenvalue weighted by Crippen LogP contribution is 2.12. The maximum absolute atomic E-state index is 12.0. The normalized spacial score (nSPS) is 15.8. The average Bonchev–Trinajstić information content (AvgIpc) is 2.54. The summed E-state index contributed by atoms with van der Waals surface area (Å²) in [5, 5.41) is 2.97. The lowest BCUT2D eigenvalue weighted by molar-refractivity contribution is -0.133. The number of amides is 2. The molecule has 0 unspecified atom stereocenters. The molecule has 0 atom stereocenters. The van der Waals surface area contributed by atoms with Crippen LogP contribution in [0.15, 0.2) is 24.4 Å². The summed E-state index contributed by atoms with van der Waals surface area (Å²) in [6.45, 7) is 1.81. The lowest BCUT2D eigenvalue weighted by atomic mass is 10.0. The van der Waals surface area contributed by atoms with Crippen LogP contribution in [0, 0.1) is 0 Å². The zero-order valence-corrected chi connectivity index (χ0v) is 12.2. The SMILES string of the molecule is COCCC(=O)N1CCC(NC(=O)c2ccccn2)CC1. The van der Waals surface area contributed by atoms with Crippen LogP contribution in [-0.2, 0) is 9.53 Å². The van der Waals surface area contributed by atoms with Crippen molar-refractivity contribution in [2.24, 2.45) is 0 Å². The molecule has 6 nitrogen and oxygen atoms in total. The van der Waals surface area contributed by atoms with Crippen molar-refractivity contribution >= 4 is 11.8 Å². The maximum Gasteiger partial charge on any atom is 0.270 e. The van der Waals surface area contributed by atoms with Crippen LogP contribution in [0.3, 0.4) is 0 Å². The van der Waals surface area contributed by atoms with Crippen molar-refractivity contribution in [2.75, 3.05) is 26.8 Å². The number of rotatable bonds is 5. The number of hydrogen-bond donors (Lipinski definition) is 1. The van der Waals surface area contributed by atoms with Gasteiger partial charge in [-0.2, -0.15) is 0 Å². The van der Waals surface area contributed by atoms with Crippen LogP contribution in [0.2, 0.25) is 0 Å². The lowest BCUT2D eigenvalue weighted by Gasteiger charge is -2.32. The number of aromatic nitrogens is 1. The third kappa shape index (κ3) is 4.53. The third-order valence-electron chi connectivity index (χ3n) is 3.60. The summed E-state index contributed by atoms with van der Waals surface area (Å²) >= 11 is 0. The van der Waals surface area contributed by atoms with Crippen molar-refractivity contribution in [2.45, 2.75) is 25.3 Å². The predicted octanol–water partition coefficient (Wildman–Crippen LogP) is 0.839. The fourth-order valence-corrected chi connectivity index (χ4v) is 2.38. The number of carbonyl (C=O) groups excluding carboxylic acids is 2. The molecule has 0 spiro atoms. The van der Waals surface area contributed by atoms with Gasteiger partial charge in [0.25, 0.3) is 5.91 Å². The molecule has 0 aliphatic carbocycles. The Hall–Kier alpha value is -1.95. The Balaban J connectivity index is 1.77. The van der Waals surface area contributed by atoms with Crippen LogP contribution in [0.25, 0.3) is 0 Å². The number of hydrogen-bond acceptors (Lipinski definition) is 4. The van der Waals surface area contributed by atoms with Gasteiger partial charge in [0.05, 0.1) is 13.0 Å². The fraction of sp³-hybridized carbons (Fsp3) is 0.533. The van der Waals surface area contributed by atoms with Gasteiger partial charge in [-0.15, -0.1) is 0 Å². The summed E-state index contributed by atoms with van der Waals surface area (Å²) < 4.78 is 4.91. The molecular weight excluding hydrogens is 270 g/mol. The molecule has 114 valence electrons. The summed E-state index contributed by atoms with van der Waals surface area (Å²) in [5.41, 5.74) is 0.427. The number of nitrogens with one attached hydrogen (secondary N) is 1. The number of methoxy groups -OCH3 is 1. The van der Waals surface area contributed by atoms with E-state index in [1.54, 1.807) is 31.5 Å². The molecule has 0 radical (unpaired) electrons. The summed E-state index contributed by atoms with van der Waals surface area (Å²) in [5.74, 6) is -0.0360. The first kappa shape index (κ1) is 15.4. The van der Waals surface area contributed by atoms with Crippen LogP contribution in [0.1, 0.15) is 29.8 Å². The van der Waals surface area contributed by atoms with E-state index in [1.165, 1.54) is 0 Å². The summed E-state index contributed by atoms with van der Waals surface area (Å²) in [7, 11) is 1.59. The van der Waals surface area contributed by atoms with Gasteiger partial charge in [0.15, 0.2) is 0 Å². The average molecular weight is 291 g/mol. The molecule has 1 aromatic heterocycles. The number of likely N-dealkylation sites (tertiary alicyclic amines) is 1. The molecule has 2 rings (SSSR count). The van der Waals surface area contributed by atoms with E-state index in [0.29, 0.717) is 31.8 Å². The van der Waals surface area contributed by atoms with Gasteiger partial charge >= 0.3 is 0 Å². The number of pyridine rings is 1. The molecule has 1 saturated heterocycles. The monoisotopic (exact) mass is 291 g/mol. The highest BCUT2D eigenvalue weighted by Gasteiger charge is 2.24. The second-order valence-electron chi connectivity index (χ2n) is 5.09. The number of ether oxygens (including phenoxy) is 1. The fourth-order valence-electron chi connectivity index (χ4n) is 2.38. The molecule has 6 heteroatoms. The van der Waals surface area contributed by atoms with Gasteiger partial charge in [-0.3, -0.25) is 14.6 Å². The van der Waals surface area contributed by atoms with E-state index in [4.69, 9.17) is 4.74 Å². The zero-order chi connectivity index (χ0) is 15.1. The minimum absolute atomic E-state index is 0.103. The molecular formula is C15H21N3O3. The zero-order valence-electron chi connectivity index (χ0n) is 12.2. The van der Waals surface area contributed by atoms with Crippen molar-refractivity contribution < 1.29 is 14.3 Å². The Morgan fingerprint density at radius 3 is 2.76 bits per heavy atom. The van der Waals surface area contributed by atoms with E-state index >= 15 is 0 Å². The van der Waals surface area contributed by atoms with Gasteiger partial charge in [0.2, 0.25) is 5.91 Å². The molecule has 1 aliphatic rings. The van der Waals surface area contributed by atoms with E-state index < -0.39 is 0 Å². The predicted molar refractivity (Wildman–Crippen MR) is 77.8 cm³/mol. The standard InChI is InChI=1S/C15H21N3O3/c1-21-11-7-14(19)18-9-5-12(6-10-18)17-15(20)13-4-2-3-8-16-13/h2-4,8,12H,5-7,9-11H2,1H3,(H,17,20). The molecule has 0 saturated carbocycles. The Bertz CT molecular complexity index is 470. The van der Waals surface area contributed by atoms with Crippen molar-refractivity contribution in [3.63, 3.8) is 0 Å². The van der Waals surface area contributed by atoms with Gasteiger partial charge in [0, 0.05) is 32.4 Å². The first-order chi connectivity index (χ1) is 10.2. The van der Waals surface area contributed by atoms with Crippen molar-refractivity contribution in [1.29, 1.82) is 0 Å².